The van der Waals surface area contributed by atoms with Crippen molar-refractivity contribution in [3.05, 3.63) is 65.6 Å². The number of nitro groups is 2. The van der Waals surface area contributed by atoms with Crippen molar-refractivity contribution in [1.82, 2.24) is 0 Å². The number of rotatable bonds is 3. The van der Waals surface area contributed by atoms with Gasteiger partial charge in [0, 0.05) is 17.7 Å². The van der Waals surface area contributed by atoms with E-state index in [9.17, 15) is 20.2 Å². The summed E-state index contributed by atoms with van der Waals surface area (Å²) in [6.07, 6.45) is 0. The molecule has 0 radical (unpaired) electrons. The average molecular weight is 348 g/mol. The molecular formula is C12H5Cl3N2O4. The lowest BCUT2D eigenvalue weighted by Crippen LogP contribution is -1.98. The minimum atomic E-state index is -0.721. The highest BCUT2D eigenvalue weighted by Crippen LogP contribution is 2.44. The predicted octanol–water partition coefficient (Wildman–Crippen LogP) is 5.13. The van der Waals surface area contributed by atoms with Crippen LogP contribution < -0.4 is 0 Å². The number of hydrogen-bond acceptors (Lipinski definition) is 4. The maximum Gasteiger partial charge on any atom is 0.284 e. The fourth-order valence-electron chi connectivity index (χ4n) is 1.83. The van der Waals surface area contributed by atoms with Gasteiger partial charge in [-0.25, -0.2) is 0 Å². The second kappa shape index (κ2) is 5.85. The molecule has 2 aromatic carbocycles. The maximum absolute atomic E-state index is 11.1. The zero-order valence-corrected chi connectivity index (χ0v) is 12.3. The Hall–Kier alpha value is -1.89. The van der Waals surface area contributed by atoms with Gasteiger partial charge in [-0.1, -0.05) is 40.9 Å². The van der Waals surface area contributed by atoms with E-state index in [1.165, 1.54) is 18.2 Å². The molecule has 2 rings (SSSR count). The topological polar surface area (TPSA) is 86.3 Å². The molecule has 0 heterocycles. The number of nitro benzene ring substituents is 2. The first-order chi connectivity index (χ1) is 9.84. The molecule has 0 atom stereocenters. The molecule has 0 N–H and O–H groups in total. The summed E-state index contributed by atoms with van der Waals surface area (Å²) in [5.74, 6) is 0. The minimum absolute atomic E-state index is 0.0247. The molecular weight excluding hydrogens is 343 g/mol. The van der Waals surface area contributed by atoms with E-state index in [1.807, 2.05) is 0 Å². The van der Waals surface area contributed by atoms with E-state index >= 15 is 0 Å². The lowest BCUT2D eigenvalue weighted by Gasteiger charge is -2.08. The summed E-state index contributed by atoms with van der Waals surface area (Å²) in [7, 11) is 0. The normalized spacial score (nSPS) is 10.4. The summed E-state index contributed by atoms with van der Waals surface area (Å²) in [5, 5.41) is 22.3. The van der Waals surface area contributed by atoms with E-state index in [0.29, 0.717) is 0 Å². The van der Waals surface area contributed by atoms with Crippen molar-refractivity contribution in [2.24, 2.45) is 0 Å². The average Bonchev–Trinajstić information content (AvgIpc) is 2.44. The molecule has 0 amide bonds. The van der Waals surface area contributed by atoms with Crippen LogP contribution in [0.5, 0.6) is 0 Å². The van der Waals surface area contributed by atoms with Crippen LogP contribution in [0.2, 0.25) is 15.1 Å². The SMILES string of the molecule is O=[N+]([O-])c1cccc([N+](=O)[O-])c1-c1ccc(Cl)c(Cl)c1Cl. The summed E-state index contributed by atoms with van der Waals surface area (Å²) in [6, 6.07) is 6.25. The summed E-state index contributed by atoms with van der Waals surface area (Å²) in [4.78, 5) is 20.8. The van der Waals surface area contributed by atoms with Crippen molar-refractivity contribution in [3.8, 4) is 11.1 Å². The Kier molecular flexibility index (Phi) is 4.32. The van der Waals surface area contributed by atoms with Crippen LogP contribution in [-0.2, 0) is 0 Å². The molecule has 0 unspecified atom stereocenters. The zero-order chi connectivity index (χ0) is 15.7. The molecule has 0 spiro atoms. The van der Waals surface area contributed by atoms with E-state index in [0.717, 1.165) is 12.1 Å². The van der Waals surface area contributed by atoms with Gasteiger partial charge in [-0.2, -0.15) is 0 Å². The lowest BCUT2D eigenvalue weighted by molar-refractivity contribution is -0.392. The summed E-state index contributed by atoms with van der Waals surface area (Å²) >= 11 is 17.7. The van der Waals surface area contributed by atoms with Gasteiger partial charge in [-0.05, 0) is 12.1 Å². The van der Waals surface area contributed by atoms with Gasteiger partial charge < -0.3 is 0 Å². The Balaban J connectivity index is 2.88. The van der Waals surface area contributed by atoms with Crippen LogP contribution in [0.25, 0.3) is 11.1 Å². The van der Waals surface area contributed by atoms with E-state index in [-0.39, 0.29) is 26.2 Å². The number of hydrogen-bond donors (Lipinski definition) is 0. The zero-order valence-electron chi connectivity index (χ0n) is 10.0. The van der Waals surface area contributed by atoms with Crippen molar-refractivity contribution in [1.29, 1.82) is 0 Å². The van der Waals surface area contributed by atoms with Crippen molar-refractivity contribution < 1.29 is 9.85 Å². The van der Waals surface area contributed by atoms with Gasteiger partial charge in [-0.3, -0.25) is 20.2 Å². The molecule has 0 bridgehead atoms. The first-order valence-corrected chi connectivity index (χ1v) is 6.53. The molecule has 2 aromatic rings. The van der Waals surface area contributed by atoms with E-state index in [2.05, 4.69) is 0 Å². The van der Waals surface area contributed by atoms with Crippen LogP contribution in [0.4, 0.5) is 11.4 Å². The Morgan fingerprint density at radius 2 is 1.33 bits per heavy atom. The first-order valence-electron chi connectivity index (χ1n) is 5.40. The van der Waals surface area contributed by atoms with Crippen LogP contribution >= 0.6 is 34.8 Å². The van der Waals surface area contributed by atoms with Gasteiger partial charge in [0.2, 0.25) is 0 Å². The minimum Gasteiger partial charge on any atom is -0.258 e. The third-order valence-electron chi connectivity index (χ3n) is 2.72. The molecule has 0 aliphatic carbocycles. The van der Waals surface area contributed by atoms with Crippen molar-refractivity contribution >= 4 is 46.2 Å². The summed E-state index contributed by atoms with van der Waals surface area (Å²) < 4.78 is 0. The number of nitrogens with zero attached hydrogens (tertiary/aromatic N) is 2. The summed E-state index contributed by atoms with van der Waals surface area (Å²) in [5.41, 5.74) is -1.02. The molecule has 108 valence electrons. The number of halogens is 3. The number of benzene rings is 2. The molecule has 0 aromatic heterocycles. The highest BCUT2D eigenvalue weighted by atomic mass is 35.5. The third-order valence-corrected chi connectivity index (χ3v) is 4.01. The fourth-order valence-corrected chi connectivity index (χ4v) is 2.46. The lowest BCUT2D eigenvalue weighted by atomic mass is 10.0. The Bertz CT molecular complexity index is 732. The Morgan fingerprint density at radius 3 is 1.81 bits per heavy atom. The molecule has 9 heteroatoms. The molecule has 0 aliphatic heterocycles. The maximum atomic E-state index is 11.1. The van der Waals surface area contributed by atoms with Gasteiger partial charge in [0.15, 0.2) is 0 Å². The monoisotopic (exact) mass is 346 g/mol. The quantitative estimate of drug-likeness (QED) is 0.437. The second-order valence-electron chi connectivity index (χ2n) is 3.91. The molecule has 0 saturated carbocycles. The molecule has 0 saturated heterocycles. The van der Waals surface area contributed by atoms with Crippen LogP contribution in [-0.4, -0.2) is 9.85 Å². The van der Waals surface area contributed by atoms with Crippen LogP contribution in [0.3, 0.4) is 0 Å². The molecule has 6 nitrogen and oxygen atoms in total. The molecule has 0 aliphatic rings. The summed E-state index contributed by atoms with van der Waals surface area (Å²) in [6.45, 7) is 0. The van der Waals surface area contributed by atoms with Crippen molar-refractivity contribution in [2.75, 3.05) is 0 Å². The van der Waals surface area contributed by atoms with Gasteiger partial charge in [-0.15, -0.1) is 0 Å². The van der Waals surface area contributed by atoms with Crippen LogP contribution in [0.15, 0.2) is 30.3 Å². The van der Waals surface area contributed by atoms with E-state index in [4.69, 9.17) is 34.8 Å². The van der Waals surface area contributed by atoms with E-state index < -0.39 is 21.2 Å². The highest BCUT2D eigenvalue weighted by Gasteiger charge is 2.28. The van der Waals surface area contributed by atoms with Gasteiger partial charge >= 0.3 is 0 Å². The van der Waals surface area contributed by atoms with Crippen LogP contribution in [0, 0.1) is 20.2 Å². The predicted molar refractivity (Wildman–Crippen MR) is 80.2 cm³/mol. The first kappa shape index (κ1) is 15.5. The van der Waals surface area contributed by atoms with Crippen molar-refractivity contribution in [3.63, 3.8) is 0 Å². The standard InChI is InChI=1S/C12H5Cl3N2O4/c13-7-5-4-6(11(14)12(7)15)10-8(16(18)19)2-1-3-9(10)17(20)21/h1-5H. The Morgan fingerprint density at radius 1 is 0.810 bits per heavy atom. The van der Waals surface area contributed by atoms with Crippen LogP contribution in [0.1, 0.15) is 0 Å². The van der Waals surface area contributed by atoms with E-state index in [1.54, 1.807) is 0 Å². The van der Waals surface area contributed by atoms with Gasteiger partial charge in [0.1, 0.15) is 5.56 Å². The molecule has 0 fully saturated rings. The fraction of sp³-hybridized carbons (Fsp3) is 0. The third kappa shape index (κ3) is 2.78. The smallest absolute Gasteiger partial charge is 0.258 e. The second-order valence-corrected chi connectivity index (χ2v) is 5.07. The Labute approximate surface area is 133 Å². The highest BCUT2D eigenvalue weighted by molar-refractivity contribution is 6.49. The van der Waals surface area contributed by atoms with Crippen molar-refractivity contribution in [2.45, 2.75) is 0 Å². The molecule has 21 heavy (non-hydrogen) atoms. The largest absolute Gasteiger partial charge is 0.284 e. The van der Waals surface area contributed by atoms with Gasteiger partial charge in [0.05, 0.1) is 24.9 Å². The van der Waals surface area contributed by atoms with Gasteiger partial charge in [0.25, 0.3) is 11.4 Å².